The molecule has 0 aliphatic carbocycles. The number of sulfonamides is 1. The van der Waals surface area contributed by atoms with Crippen molar-refractivity contribution in [3.63, 3.8) is 0 Å². The first kappa shape index (κ1) is 11.6. The summed E-state index contributed by atoms with van der Waals surface area (Å²) in [5.74, 6) is 0. The fourth-order valence-corrected chi connectivity index (χ4v) is 2.57. The molecule has 0 aromatic carbocycles. The van der Waals surface area contributed by atoms with Crippen LogP contribution in [0.4, 0.5) is 0 Å². The van der Waals surface area contributed by atoms with E-state index in [9.17, 15) is 13.5 Å². The Kier molecular flexibility index (Phi) is 2.98. The van der Waals surface area contributed by atoms with Crippen LogP contribution in [0.1, 0.15) is 12.5 Å². The molecule has 1 aromatic heterocycles. The monoisotopic (exact) mass is 237 g/mol. The van der Waals surface area contributed by atoms with Gasteiger partial charge in [-0.05, 0) is 23.9 Å². The van der Waals surface area contributed by atoms with Crippen LogP contribution >= 0.6 is 11.3 Å². The second-order valence-corrected chi connectivity index (χ2v) is 5.83. The molecule has 4 N–H and O–H groups in total. The molecule has 1 aromatic rings. The van der Waals surface area contributed by atoms with Gasteiger partial charge >= 0.3 is 0 Å². The Balaban J connectivity index is 3.13. The lowest BCUT2D eigenvalue weighted by Gasteiger charge is -2.18. The second-order valence-electron chi connectivity index (χ2n) is 3.13. The zero-order valence-electron chi connectivity index (χ0n) is 7.47. The lowest BCUT2D eigenvalue weighted by molar-refractivity contribution is -0.00203. The van der Waals surface area contributed by atoms with E-state index < -0.39 is 22.2 Å². The summed E-state index contributed by atoms with van der Waals surface area (Å²) in [7, 11) is -3.72. The Morgan fingerprint density at radius 2 is 2.21 bits per heavy atom. The summed E-state index contributed by atoms with van der Waals surface area (Å²) in [4.78, 5) is 0. The number of nitrogens with two attached hydrogens (primary N) is 1. The number of thiophene rings is 1. The molecule has 5 nitrogen and oxygen atoms in total. The lowest BCUT2D eigenvalue weighted by Crippen LogP contribution is -2.25. The summed E-state index contributed by atoms with van der Waals surface area (Å²) in [5.41, 5.74) is -1.09. The van der Waals surface area contributed by atoms with Crippen LogP contribution in [-0.4, -0.2) is 25.2 Å². The van der Waals surface area contributed by atoms with Crippen LogP contribution in [-0.2, 0) is 15.6 Å². The summed E-state index contributed by atoms with van der Waals surface area (Å²) in [6.45, 7) is 0.912. The van der Waals surface area contributed by atoms with Crippen molar-refractivity contribution in [2.75, 3.05) is 6.61 Å². The largest absolute Gasteiger partial charge is 0.393 e. The van der Waals surface area contributed by atoms with Crippen molar-refractivity contribution in [2.24, 2.45) is 5.14 Å². The van der Waals surface area contributed by atoms with Gasteiger partial charge in [-0.3, -0.25) is 0 Å². The summed E-state index contributed by atoms with van der Waals surface area (Å²) in [5, 5.41) is 24.8. The van der Waals surface area contributed by atoms with Gasteiger partial charge in [0, 0.05) is 0 Å². The molecule has 0 saturated heterocycles. The summed E-state index contributed by atoms with van der Waals surface area (Å²) >= 11 is 0.915. The summed E-state index contributed by atoms with van der Waals surface area (Å²) in [6.07, 6.45) is 0. The number of hydrogen-bond acceptors (Lipinski definition) is 5. The number of aliphatic hydroxyl groups is 2. The minimum absolute atomic E-state index is 0.0266. The third kappa shape index (κ3) is 2.31. The number of primary sulfonamides is 1. The first-order chi connectivity index (χ1) is 6.27. The molecule has 80 valence electrons. The fourth-order valence-electron chi connectivity index (χ4n) is 0.839. The molecule has 0 saturated carbocycles. The molecule has 1 unspecified atom stereocenters. The Labute approximate surface area is 85.9 Å². The van der Waals surface area contributed by atoms with Crippen LogP contribution < -0.4 is 5.14 Å². The van der Waals surface area contributed by atoms with E-state index in [0.29, 0.717) is 5.56 Å². The third-order valence-electron chi connectivity index (χ3n) is 1.79. The van der Waals surface area contributed by atoms with Crippen molar-refractivity contribution in [1.82, 2.24) is 0 Å². The predicted octanol–water partition coefficient (Wildman–Crippen LogP) is -0.405. The van der Waals surface area contributed by atoms with Crippen molar-refractivity contribution in [2.45, 2.75) is 16.7 Å². The Morgan fingerprint density at radius 3 is 2.57 bits per heavy atom. The Bertz CT molecular complexity index is 421. The van der Waals surface area contributed by atoms with E-state index in [-0.39, 0.29) is 4.21 Å². The van der Waals surface area contributed by atoms with Gasteiger partial charge in [-0.1, -0.05) is 0 Å². The van der Waals surface area contributed by atoms with E-state index in [2.05, 4.69) is 0 Å². The van der Waals surface area contributed by atoms with E-state index >= 15 is 0 Å². The molecule has 0 aliphatic heterocycles. The Hall–Kier alpha value is -0.470. The molecule has 0 spiro atoms. The summed E-state index contributed by atoms with van der Waals surface area (Å²) in [6, 6.07) is 1.26. The average molecular weight is 237 g/mol. The van der Waals surface area contributed by atoms with Crippen LogP contribution in [0.3, 0.4) is 0 Å². The van der Waals surface area contributed by atoms with Gasteiger partial charge in [0.2, 0.25) is 10.0 Å². The molecule has 1 rings (SSSR count). The van der Waals surface area contributed by atoms with Gasteiger partial charge in [0.25, 0.3) is 0 Å². The first-order valence-corrected chi connectivity index (χ1v) is 6.15. The van der Waals surface area contributed by atoms with E-state index in [1.54, 1.807) is 0 Å². The fraction of sp³-hybridized carbons (Fsp3) is 0.429. The van der Waals surface area contributed by atoms with Gasteiger partial charge in [0.1, 0.15) is 9.81 Å². The zero-order chi connectivity index (χ0) is 11.0. The smallest absolute Gasteiger partial charge is 0.247 e. The molecule has 1 heterocycles. The van der Waals surface area contributed by atoms with E-state index in [4.69, 9.17) is 10.2 Å². The maximum atomic E-state index is 10.9. The van der Waals surface area contributed by atoms with Crippen LogP contribution in [0.5, 0.6) is 0 Å². The highest BCUT2D eigenvalue weighted by atomic mass is 32.2. The van der Waals surface area contributed by atoms with Crippen LogP contribution in [0.2, 0.25) is 0 Å². The lowest BCUT2D eigenvalue weighted by atomic mass is 10.0. The molecule has 14 heavy (non-hydrogen) atoms. The molecule has 0 fully saturated rings. The van der Waals surface area contributed by atoms with Crippen molar-refractivity contribution in [3.8, 4) is 0 Å². The van der Waals surface area contributed by atoms with Gasteiger partial charge in [-0.25, -0.2) is 13.6 Å². The van der Waals surface area contributed by atoms with Crippen LogP contribution in [0.25, 0.3) is 0 Å². The summed E-state index contributed by atoms with van der Waals surface area (Å²) < 4.78 is 21.8. The standard InChI is InChI=1S/C7H11NO4S2/c1-7(10,4-9)5-2-6(13-3-5)14(8,11)12/h2-3,9-10H,4H2,1H3,(H2,8,11,12). The topological polar surface area (TPSA) is 101 Å². The first-order valence-electron chi connectivity index (χ1n) is 3.72. The molecule has 1 atom stereocenters. The number of aliphatic hydroxyl groups excluding tert-OH is 1. The van der Waals surface area contributed by atoms with Gasteiger partial charge in [0.15, 0.2) is 0 Å². The minimum atomic E-state index is -3.72. The van der Waals surface area contributed by atoms with Crippen molar-refractivity contribution in [3.05, 3.63) is 17.0 Å². The second kappa shape index (κ2) is 3.59. The highest BCUT2D eigenvalue weighted by molar-refractivity contribution is 7.91. The molecule has 0 radical (unpaired) electrons. The molecule has 7 heteroatoms. The highest BCUT2D eigenvalue weighted by Crippen LogP contribution is 2.27. The van der Waals surface area contributed by atoms with E-state index in [1.165, 1.54) is 18.4 Å². The van der Waals surface area contributed by atoms with Crippen LogP contribution in [0.15, 0.2) is 15.7 Å². The van der Waals surface area contributed by atoms with Gasteiger partial charge in [-0.2, -0.15) is 0 Å². The van der Waals surface area contributed by atoms with Crippen molar-refractivity contribution >= 4 is 21.4 Å². The average Bonchev–Trinajstić information content (AvgIpc) is 2.51. The van der Waals surface area contributed by atoms with Crippen molar-refractivity contribution in [1.29, 1.82) is 0 Å². The normalized spacial score (nSPS) is 16.6. The maximum absolute atomic E-state index is 10.9. The molecular weight excluding hydrogens is 226 g/mol. The van der Waals surface area contributed by atoms with Crippen LogP contribution in [0, 0.1) is 0 Å². The quantitative estimate of drug-likeness (QED) is 0.665. The Morgan fingerprint density at radius 1 is 1.64 bits per heavy atom. The highest BCUT2D eigenvalue weighted by Gasteiger charge is 2.25. The molecular formula is C7H11NO4S2. The predicted molar refractivity (Wildman–Crippen MR) is 52.3 cm³/mol. The SMILES string of the molecule is CC(O)(CO)c1csc(S(N)(=O)=O)c1. The van der Waals surface area contributed by atoms with Gasteiger partial charge in [-0.15, -0.1) is 11.3 Å². The molecule has 0 amide bonds. The minimum Gasteiger partial charge on any atom is -0.393 e. The van der Waals surface area contributed by atoms with Gasteiger partial charge < -0.3 is 10.2 Å². The molecule has 0 aliphatic rings. The third-order valence-corrected chi connectivity index (χ3v) is 4.17. The number of hydrogen-bond donors (Lipinski definition) is 3. The number of rotatable bonds is 3. The maximum Gasteiger partial charge on any atom is 0.247 e. The van der Waals surface area contributed by atoms with E-state index in [0.717, 1.165) is 11.3 Å². The van der Waals surface area contributed by atoms with Crippen molar-refractivity contribution < 1.29 is 18.6 Å². The molecule has 0 bridgehead atoms. The zero-order valence-corrected chi connectivity index (χ0v) is 9.10. The van der Waals surface area contributed by atoms with Gasteiger partial charge in [0.05, 0.1) is 6.61 Å². The van der Waals surface area contributed by atoms with E-state index in [1.807, 2.05) is 0 Å².